The molecule has 1 N–H and O–H groups in total. The molecule has 0 bridgehead atoms. The lowest BCUT2D eigenvalue weighted by molar-refractivity contribution is 0.576. The van der Waals surface area contributed by atoms with Crippen molar-refractivity contribution in [1.29, 1.82) is 0 Å². The van der Waals surface area contributed by atoms with Gasteiger partial charge in [0.1, 0.15) is 5.82 Å². The van der Waals surface area contributed by atoms with E-state index in [9.17, 15) is 4.39 Å². The van der Waals surface area contributed by atoms with Gasteiger partial charge < -0.3 is 5.32 Å². The molecule has 0 radical (unpaired) electrons. The first-order chi connectivity index (χ1) is 8.20. The maximum atomic E-state index is 13.5. The zero-order valence-corrected chi connectivity index (χ0v) is 11.8. The van der Waals surface area contributed by atoms with E-state index in [2.05, 4.69) is 38.1 Å². The van der Waals surface area contributed by atoms with Gasteiger partial charge in [-0.3, -0.25) is 0 Å². The fourth-order valence-corrected chi connectivity index (χ4v) is 2.69. The summed E-state index contributed by atoms with van der Waals surface area (Å²) in [6, 6.07) is 7.53. The van der Waals surface area contributed by atoms with E-state index < -0.39 is 0 Å². The Balaban J connectivity index is 2.20. The molecule has 2 rings (SSSR count). The minimum absolute atomic E-state index is 0.146. The average molecular weight is 314 g/mol. The summed E-state index contributed by atoms with van der Waals surface area (Å²) in [7, 11) is 1.90. The fraction of sp³-hybridized carbons (Fsp3) is 0.231. The Hall–Kier alpha value is -0.710. The van der Waals surface area contributed by atoms with Crippen molar-refractivity contribution in [3.8, 4) is 0 Å². The van der Waals surface area contributed by atoms with Crippen LogP contribution in [0.25, 0.3) is 0 Å². The van der Waals surface area contributed by atoms with Gasteiger partial charge in [-0.2, -0.15) is 11.3 Å². The highest BCUT2D eigenvalue weighted by molar-refractivity contribution is 9.10. The molecule has 0 fully saturated rings. The summed E-state index contributed by atoms with van der Waals surface area (Å²) >= 11 is 4.85. The Morgan fingerprint density at radius 3 is 2.82 bits per heavy atom. The van der Waals surface area contributed by atoms with Crippen LogP contribution in [0.2, 0.25) is 0 Å². The van der Waals surface area contributed by atoms with Gasteiger partial charge >= 0.3 is 0 Å². The summed E-state index contributed by atoms with van der Waals surface area (Å²) in [5, 5.41) is 7.41. The Kier molecular flexibility index (Phi) is 4.31. The highest BCUT2D eigenvalue weighted by Gasteiger charge is 2.12. The Morgan fingerprint density at radius 2 is 2.24 bits per heavy atom. The van der Waals surface area contributed by atoms with Gasteiger partial charge in [0.05, 0.1) is 4.47 Å². The minimum atomic E-state index is -0.215. The molecular weight excluding hydrogens is 301 g/mol. The molecule has 0 saturated carbocycles. The van der Waals surface area contributed by atoms with Crippen LogP contribution in [0.1, 0.15) is 17.2 Å². The number of nitrogens with one attached hydrogen (secondary N) is 1. The van der Waals surface area contributed by atoms with Gasteiger partial charge in [-0.05, 0) is 69.5 Å². The Labute approximate surface area is 113 Å². The third kappa shape index (κ3) is 3.15. The third-order valence-electron chi connectivity index (χ3n) is 2.71. The summed E-state index contributed by atoms with van der Waals surface area (Å²) in [5.41, 5.74) is 2.25. The molecule has 17 heavy (non-hydrogen) atoms. The van der Waals surface area contributed by atoms with Crippen molar-refractivity contribution in [1.82, 2.24) is 5.32 Å². The van der Waals surface area contributed by atoms with E-state index in [-0.39, 0.29) is 11.9 Å². The molecule has 0 saturated heterocycles. The van der Waals surface area contributed by atoms with Crippen LogP contribution < -0.4 is 5.32 Å². The number of likely N-dealkylation sites (N-methyl/N-ethyl adjacent to an activating group) is 1. The standard InChI is InChI=1S/C13H13BrFNS/c1-16-13(6-9-4-5-17-8-9)10-2-3-11(14)12(15)7-10/h2-5,7-8,13,16H,6H2,1H3. The summed E-state index contributed by atoms with van der Waals surface area (Å²) in [4.78, 5) is 0. The van der Waals surface area contributed by atoms with E-state index in [0.29, 0.717) is 4.47 Å². The molecule has 1 unspecified atom stereocenters. The first-order valence-electron chi connectivity index (χ1n) is 5.34. The number of hydrogen-bond donors (Lipinski definition) is 1. The lowest BCUT2D eigenvalue weighted by atomic mass is 10.0. The maximum Gasteiger partial charge on any atom is 0.137 e. The molecule has 0 aliphatic carbocycles. The lowest BCUT2D eigenvalue weighted by Gasteiger charge is -2.16. The van der Waals surface area contributed by atoms with Gasteiger partial charge in [-0.1, -0.05) is 6.07 Å². The predicted molar refractivity (Wildman–Crippen MR) is 73.9 cm³/mol. The van der Waals surface area contributed by atoms with Crippen LogP contribution in [0.4, 0.5) is 4.39 Å². The molecule has 1 nitrogen and oxygen atoms in total. The van der Waals surface area contributed by atoms with Crippen LogP contribution in [-0.4, -0.2) is 7.05 Å². The average Bonchev–Trinajstić information content (AvgIpc) is 2.82. The van der Waals surface area contributed by atoms with Gasteiger partial charge in [0.25, 0.3) is 0 Å². The van der Waals surface area contributed by atoms with Crippen molar-refractivity contribution in [2.45, 2.75) is 12.5 Å². The number of rotatable bonds is 4. The first-order valence-corrected chi connectivity index (χ1v) is 7.07. The Morgan fingerprint density at radius 1 is 1.41 bits per heavy atom. The zero-order valence-electron chi connectivity index (χ0n) is 9.41. The molecule has 2 aromatic rings. The van der Waals surface area contributed by atoms with Gasteiger partial charge in [0, 0.05) is 6.04 Å². The molecule has 0 amide bonds. The van der Waals surface area contributed by atoms with Gasteiger partial charge in [-0.15, -0.1) is 0 Å². The van der Waals surface area contributed by atoms with Crippen LogP contribution >= 0.6 is 27.3 Å². The van der Waals surface area contributed by atoms with Gasteiger partial charge in [0.2, 0.25) is 0 Å². The van der Waals surface area contributed by atoms with Crippen molar-refractivity contribution in [3.05, 3.63) is 56.4 Å². The molecule has 0 spiro atoms. The maximum absolute atomic E-state index is 13.5. The number of thiophene rings is 1. The van der Waals surface area contributed by atoms with Crippen molar-refractivity contribution in [2.75, 3.05) is 7.05 Å². The van der Waals surface area contributed by atoms with Crippen molar-refractivity contribution in [3.63, 3.8) is 0 Å². The molecule has 0 aliphatic rings. The smallest absolute Gasteiger partial charge is 0.137 e. The summed E-state index contributed by atoms with van der Waals surface area (Å²) in [6.07, 6.45) is 0.876. The van der Waals surface area contributed by atoms with E-state index in [0.717, 1.165) is 12.0 Å². The second kappa shape index (κ2) is 5.76. The second-order valence-electron chi connectivity index (χ2n) is 3.85. The molecule has 1 atom stereocenters. The van der Waals surface area contributed by atoms with E-state index in [1.165, 1.54) is 5.56 Å². The first kappa shape index (κ1) is 12.7. The highest BCUT2D eigenvalue weighted by atomic mass is 79.9. The minimum Gasteiger partial charge on any atom is -0.313 e. The van der Waals surface area contributed by atoms with Crippen LogP contribution in [-0.2, 0) is 6.42 Å². The largest absolute Gasteiger partial charge is 0.313 e. The summed E-state index contributed by atoms with van der Waals surface area (Å²) in [6.45, 7) is 0. The van der Waals surface area contributed by atoms with Crippen molar-refractivity contribution in [2.24, 2.45) is 0 Å². The van der Waals surface area contributed by atoms with Crippen LogP contribution in [0.15, 0.2) is 39.5 Å². The van der Waals surface area contributed by atoms with Crippen molar-refractivity contribution < 1.29 is 4.39 Å². The van der Waals surface area contributed by atoms with Crippen LogP contribution in [0, 0.1) is 5.82 Å². The van der Waals surface area contributed by atoms with Gasteiger partial charge in [-0.25, -0.2) is 4.39 Å². The van der Waals surface area contributed by atoms with Crippen LogP contribution in [0.3, 0.4) is 0 Å². The zero-order chi connectivity index (χ0) is 12.3. The molecular formula is C13H13BrFNS. The van der Waals surface area contributed by atoms with E-state index in [1.54, 1.807) is 23.5 Å². The normalized spacial score (nSPS) is 12.6. The summed E-state index contributed by atoms with van der Waals surface area (Å²) < 4.78 is 14.0. The molecule has 1 heterocycles. The van der Waals surface area contributed by atoms with E-state index in [4.69, 9.17) is 0 Å². The predicted octanol–water partition coefficient (Wildman–Crippen LogP) is 4.15. The van der Waals surface area contributed by atoms with E-state index in [1.807, 2.05) is 13.1 Å². The lowest BCUT2D eigenvalue weighted by Crippen LogP contribution is -2.18. The second-order valence-corrected chi connectivity index (χ2v) is 5.48. The molecule has 4 heteroatoms. The van der Waals surface area contributed by atoms with Crippen LogP contribution in [0.5, 0.6) is 0 Å². The van der Waals surface area contributed by atoms with Gasteiger partial charge in [0.15, 0.2) is 0 Å². The third-order valence-corrected chi connectivity index (χ3v) is 4.09. The topological polar surface area (TPSA) is 12.0 Å². The molecule has 1 aromatic carbocycles. The number of hydrogen-bond acceptors (Lipinski definition) is 2. The number of benzene rings is 1. The van der Waals surface area contributed by atoms with E-state index >= 15 is 0 Å². The highest BCUT2D eigenvalue weighted by Crippen LogP contribution is 2.23. The number of halogens is 2. The fourth-order valence-electron chi connectivity index (χ4n) is 1.76. The quantitative estimate of drug-likeness (QED) is 0.894. The summed E-state index contributed by atoms with van der Waals surface area (Å²) in [5.74, 6) is -0.215. The Bertz CT molecular complexity index is 484. The SMILES string of the molecule is CNC(Cc1ccsc1)c1ccc(Br)c(F)c1. The molecule has 0 aliphatic heterocycles. The monoisotopic (exact) mass is 313 g/mol. The molecule has 90 valence electrons. The van der Waals surface area contributed by atoms with Crippen molar-refractivity contribution >= 4 is 27.3 Å². The molecule has 1 aromatic heterocycles.